The number of halogens is 1. The molecule has 2 heterocycles. The number of hydrogen-bond acceptors (Lipinski definition) is 6. The summed E-state index contributed by atoms with van der Waals surface area (Å²) >= 11 is 6.24. The van der Waals surface area contributed by atoms with Gasteiger partial charge >= 0.3 is 0 Å². The van der Waals surface area contributed by atoms with E-state index in [1.807, 2.05) is 24.3 Å². The lowest BCUT2D eigenvalue weighted by Gasteiger charge is -2.32. The molecule has 2 saturated heterocycles. The maximum Gasteiger partial charge on any atom is 0.257 e. The van der Waals surface area contributed by atoms with Gasteiger partial charge in [0.1, 0.15) is 0 Å². The van der Waals surface area contributed by atoms with Gasteiger partial charge in [0.2, 0.25) is 10.0 Å². The van der Waals surface area contributed by atoms with Crippen LogP contribution in [-0.2, 0) is 21.3 Å². The summed E-state index contributed by atoms with van der Waals surface area (Å²) in [6.45, 7) is 6.35. The topological polar surface area (TPSA) is 82.2 Å². The number of nitrogens with zero attached hydrogens (tertiary/aromatic N) is 3. The molecule has 2 aliphatic heterocycles. The quantitative estimate of drug-likeness (QED) is 0.666. The Hall–Kier alpha value is -2.01. The van der Waals surface area contributed by atoms with Gasteiger partial charge in [0, 0.05) is 51.5 Å². The molecule has 0 aromatic heterocycles. The molecule has 10 heteroatoms. The molecule has 8 nitrogen and oxygen atoms in total. The van der Waals surface area contributed by atoms with Gasteiger partial charge in [0.15, 0.2) is 0 Å². The number of sulfonamides is 1. The lowest BCUT2D eigenvalue weighted by Crippen LogP contribution is -2.43. The van der Waals surface area contributed by atoms with Crippen LogP contribution in [0, 0.1) is 0 Å². The maximum atomic E-state index is 12.9. The van der Waals surface area contributed by atoms with Crippen LogP contribution in [0.15, 0.2) is 47.4 Å². The summed E-state index contributed by atoms with van der Waals surface area (Å²) in [5.74, 6) is -0.453. The number of amides is 1. The molecule has 1 N–H and O–H groups in total. The van der Waals surface area contributed by atoms with Gasteiger partial charge in [-0.3, -0.25) is 9.69 Å². The molecule has 178 valence electrons. The summed E-state index contributed by atoms with van der Waals surface area (Å²) < 4.78 is 32.5. The molecule has 2 aromatic rings. The van der Waals surface area contributed by atoms with Crippen molar-refractivity contribution in [3.05, 3.63) is 58.6 Å². The fraction of sp³-hybridized carbons (Fsp3) is 0.435. The largest absolute Gasteiger partial charge is 0.379 e. The van der Waals surface area contributed by atoms with E-state index in [4.69, 9.17) is 16.3 Å². The van der Waals surface area contributed by atoms with Crippen LogP contribution in [0.4, 0.5) is 5.69 Å². The fourth-order valence-electron chi connectivity index (χ4n) is 3.93. The zero-order valence-electron chi connectivity index (χ0n) is 18.7. The highest BCUT2D eigenvalue weighted by molar-refractivity contribution is 7.89. The molecule has 2 fully saturated rings. The molecule has 0 spiro atoms. The van der Waals surface area contributed by atoms with Crippen LogP contribution in [0.3, 0.4) is 0 Å². The molecule has 4 rings (SSSR count). The van der Waals surface area contributed by atoms with Crippen LogP contribution in [-0.4, -0.2) is 88.0 Å². The Kier molecular flexibility index (Phi) is 7.68. The third-order valence-corrected chi connectivity index (χ3v) is 8.23. The van der Waals surface area contributed by atoms with E-state index in [9.17, 15) is 13.2 Å². The molecule has 2 aromatic carbocycles. The number of benzene rings is 2. The zero-order chi connectivity index (χ0) is 23.4. The van der Waals surface area contributed by atoms with E-state index in [1.54, 1.807) is 0 Å². The predicted octanol–water partition coefficient (Wildman–Crippen LogP) is 2.36. The molecule has 0 bridgehead atoms. The molecule has 0 unspecified atom stereocenters. The Bertz CT molecular complexity index is 1080. The van der Waals surface area contributed by atoms with Gasteiger partial charge in [-0.2, -0.15) is 4.31 Å². The summed E-state index contributed by atoms with van der Waals surface area (Å²) in [5, 5.41) is 3.02. The predicted molar refractivity (Wildman–Crippen MR) is 128 cm³/mol. The molecule has 2 aliphatic rings. The van der Waals surface area contributed by atoms with Gasteiger partial charge in [0.25, 0.3) is 5.91 Å². The Labute approximate surface area is 200 Å². The Morgan fingerprint density at radius 1 is 1.00 bits per heavy atom. The number of piperazine rings is 1. The Balaban J connectivity index is 1.43. The van der Waals surface area contributed by atoms with E-state index in [0.29, 0.717) is 18.9 Å². The highest BCUT2D eigenvalue weighted by atomic mass is 35.5. The molecule has 33 heavy (non-hydrogen) atoms. The third kappa shape index (κ3) is 5.92. The monoisotopic (exact) mass is 492 g/mol. The third-order valence-electron chi connectivity index (χ3n) is 6.00. The lowest BCUT2D eigenvalue weighted by molar-refractivity contribution is 0.0730. The van der Waals surface area contributed by atoms with Gasteiger partial charge in [-0.25, -0.2) is 8.42 Å². The minimum atomic E-state index is -3.72. The van der Waals surface area contributed by atoms with Crippen molar-refractivity contribution < 1.29 is 17.9 Å². The van der Waals surface area contributed by atoms with E-state index in [1.165, 1.54) is 28.1 Å². The van der Waals surface area contributed by atoms with Crippen molar-refractivity contribution in [1.82, 2.24) is 14.1 Å². The number of anilines is 1. The summed E-state index contributed by atoms with van der Waals surface area (Å²) in [5.41, 5.74) is 1.92. The Morgan fingerprint density at radius 3 is 2.33 bits per heavy atom. The number of ether oxygens (including phenoxy) is 1. The molecule has 0 atom stereocenters. The van der Waals surface area contributed by atoms with Crippen LogP contribution < -0.4 is 5.32 Å². The van der Waals surface area contributed by atoms with Crippen LogP contribution >= 0.6 is 11.6 Å². The molecular weight excluding hydrogens is 464 g/mol. The van der Waals surface area contributed by atoms with Crippen molar-refractivity contribution in [3.63, 3.8) is 0 Å². The fourth-order valence-corrected chi connectivity index (χ4v) is 5.57. The lowest BCUT2D eigenvalue weighted by atomic mass is 10.1. The van der Waals surface area contributed by atoms with Crippen LogP contribution in [0.1, 0.15) is 15.9 Å². The molecular formula is C23H29ClN4O4S. The van der Waals surface area contributed by atoms with Gasteiger partial charge < -0.3 is 15.0 Å². The number of nitrogens with one attached hydrogen (secondary N) is 1. The number of likely N-dealkylation sites (N-methyl/N-ethyl adjacent to an activating group) is 1. The summed E-state index contributed by atoms with van der Waals surface area (Å²) in [6, 6.07) is 11.9. The smallest absolute Gasteiger partial charge is 0.257 e. The van der Waals surface area contributed by atoms with Gasteiger partial charge in [-0.1, -0.05) is 23.7 Å². The van der Waals surface area contributed by atoms with Crippen LogP contribution in [0.25, 0.3) is 0 Å². The van der Waals surface area contributed by atoms with E-state index in [-0.39, 0.29) is 28.6 Å². The van der Waals surface area contributed by atoms with Crippen molar-refractivity contribution in [2.75, 3.05) is 64.8 Å². The highest BCUT2D eigenvalue weighted by Gasteiger charge is 2.27. The molecule has 0 radical (unpaired) electrons. The number of carbonyl (C=O) groups excluding carboxylic acids is 1. The number of rotatable bonds is 6. The Morgan fingerprint density at radius 2 is 1.67 bits per heavy atom. The van der Waals surface area contributed by atoms with E-state index >= 15 is 0 Å². The highest BCUT2D eigenvalue weighted by Crippen LogP contribution is 2.25. The minimum absolute atomic E-state index is 0.0430. The van der Waals surface area contributed by atoms with Crippen LogP contribution in [0.5, 0.6) is 0 Å². The zero-order valence-corrected chi connectivity index (χ0v) is 20.2. The SMILES string of the molecule is CN1CCN(Cc2ccc(NC(=O)c3cc(S(=O)(=O)N4CCOCC4)ccc3Cl)cc2)CC1. The van der Waals surface area contributed by atoms with Crippen LogP contribution in [0.2, 0.25) is 5.02 Å². The van der Waals surface area contributed by atoms with E-state index < -0.39 is 15.9 Å². The molecule has 0 aliphatic carbocycles. The van der Waals surface area contributed by atoms with Crippen molar-refractivity contribution in [3.8, 4) is 0 Å². The first-order valence-corrected chi connectivity index (χ1v) is 12.8. The number of hydrogen-bond donors (Lipinski definition) is 1. The first-order valence-electron chi connectivity index (χ1n) is 11.0. The average molecular weight is 493 g/mol. The van der Waals surface area contributed by atoms with Crippen molar-refractivity contribution >= 4 is 33.2 Å². The summed E-state index contributed by atoms with van der Waals surface area (Å²) in [6.07, 6.45) is 0. The van der Waals surface area contributed by atoms with E-state index in [0.717, 1.165) is 32.7 Å². The molecule has 1 amide bonds. The average Bonchev–Trinajstić information content (AvgIpc) is 2.82. The normalized spacial score (nSPS) is 18.8. The van der Waals surface area contributed by atoms with Crippen molar-refractivity contribution in [2.45, 2.75) is 11.4 Å². The van der Waals surface area contributed by atoms with E-state index in [2.05, 4.69) is 22.2 Å². The second-order valence-electron chi connectivity index (χ2n) is 8.39. The van der Waals surface area contributed by atoms with Gasteiger partial charge in [-0.15, -0.1) is 0 Å². The maximum absolute atomic E-state index is 12.9. The van der Waals surface area contributed by atoms with Crippen molar-refractivity contribution in [1.29, 1.82) is 0 Å². The standard InChI is InChI=1S/C23H29ClN4O4S/c1-26-8-10-27(11-9-26)17-18-2-4-19(5-3-18)25-23(29)21-16-20(6-7-22(21)24)33(30,31)28-12-14-32-15-13-28/h2-7,16H,8-15,17H2,1H3,(H,25,29). The van der Waals surface area contributed by atoms with Gasteiger partial charge in [-0.05, 0) is 42.9 Å². The van der Waals surface area contributed by atoms with Gasteiger partial charge in [0.05, 0.1) is 28.7 Å². The summed E-state index contributed by atoms with van der Waals surface area (Å²) in [7, 11) is -1.59. The number of carbonyl (C=O) groups is 1. The number of morpholine rings is 1. The first kappa shape index (κ1) is 24.1. The molecule has 0 saturated carbocycles. The first-order chi connectivity index (χ1) is 15.8. The second kappa shape index (κ2) is 10.5. The van der Waals surface area contributed by atoms with Crippen molar-refractivity contribution in [2.24, 2.45) is 0 Å². The summed E-state index contributed by atoms with van der Waals surface area (Å²) in [4.78, 5) is 17.7. The second-order valence-corrected chi connectivity index (χ2v) is 10.7. The minimum Gasteiger partial charge on any atom is -0.379 e.